The highest BCUT2D eigenvalue weighted by atomic mass is 32.2. The van der Waals surface area contributed by atoms with Crippen LogP contribution in [-0.4, -0.2) is 40.0 Å². The first-order valence-corrected chi connectivity index (χ1v) is 10.5. The summed E-state index contributed by atoms with van der Waals surface area (Å²) in [7, 11) is -2.52. The van der Waals surface area contributed by atoms with Crippen LogP contribution in [-0.2, 0) is 19.6 Å². The first kappa shape index (κ1) is 20.8. The summed E-state index contributed by atoms with van der Waals surface area (Å²) in [6, 6.07) is 12.6. The molecule has 0 aliphatic carbocycles. The molecule has 3 rings (SSSR count). The molecular weight excluding hydrogens is 396 g/mol. The standard InChI is InChI=1S/C20H22N2O6S/c1-14(13-28-15-6-4-3-5-7-15)21-29(25,26)16-8-9-18(27-2)17(12-16)22-19(23)10-11-20(22)24/h3-9,12,14,21H,10-11,13H2,1-2H3/t14-/m0/s1. The maximum Gasteiger partial charge on any atom is 0.241 e. The minimum absolute atomic E-state index is 0.0765. The highest BCUT2D eigenvalue weighted by molar-refractivity contribution is 7.89. The Morgan fingerprint density at radius 1 is 1.07 bits per heavy atom. The number of carbonyl (C=O) groups is 2. The second-order valence-electron chi connectivity index (χ2n) is 6.60. The molecule has 0 spiro atoms. The second-order valence-corrected chi connectivity index (χ2v) is 8.32. The van der Waals surface area contributed by atoms with Crippen molar-refractivity contribution in [1.82, 2.24) is 4.72 Å². The number of hydrogen-bond donors (Lipinski definition) is 1. The fourth-order valence-corrected chi connectivity index (χ4v) is 4.21. The molecule has 8 nitrogen and oxygen atoms in total. The van der Waals surface area contributed by atoms with Crippen molar-refractivity contribution < 1.29 is 27.5 Å². The van der Waals surface area contributed by atoms with Crippen molar-refractivity contribution >= 4 is 27.5 Å². The van der Waals surface area contributed by atoms with E-state index in [0.29, 0.717) is 5.75 Å². The molecule has 1 fully saturated rings. The summed E-state index contributed by atoms with van der Waals surface area (Å²) in [5, 5.41) is 0. The van der Waals surface area contributed by atoms with Gasteiger partial charge in [-0.25, -0.2) is 18.0 Å². The lowest BCUT2D eigenvalue weighted by molar-refractivity contribution is -0.121. The van der Waals surface area contributed by atoms with Gasteiger partial charge in [0.15, 0.2) is 0 Å². The molecule has 1 N–H and O–H groups in total. The molecule has 1 heterocycles. The maximum absolute atomic E-state index is 12.8. The van der Waals surface area contributed by atoms with E-state index in [4.69, 9.17) is 9.47 Å². The van der Waals surface area contributed by atoms with E-state index in [1.165, 1.54) is 25.3 Å². The molecule has 0 bridgehead atoms. The van der Waals surface area contributed by atoms with Crippen LogP contribution in [0.15, 0.2) is 53.4 Å². The van der Waals surface area contributed by atoms with Crippen molar-refractivity contribution in [2.24, 2.45) is 0 Å². The summed E-state index contributed by atoms with van der Waals surface area (Å²) in [5.41, 5.74) is 0.121. The average Bonchev–Trinajstić information content (AvgIpc) is 3.04. The molecule has 1 aliphatic heterocycles. The van der Waals surface area contributed by atoms with Gasteiger partial charge in [-0.1, -0.05) is 18.2 Å². The SMILES string of the molecule is COc1ccc(S(=O)(=O)N[C@@H](C)COc2ccccc2)cc1N1C(=O)CCC1=O. The van der Waals surface area contributed by atoms with Crippen LogP contribution in [0, 0.1) is 0 Å². The van der Waals surface area contributed by atoms with Gasteiger partial charge in [0.05, 0.1) is 23.7 Å². The van der Waals surface area contributed by atoms with E-state index in [1.807, 2.05) is 18.2 Å². The maximum atomic E-state index is 12.8. The Hall–Kier alpha value is -2.91. The Balaban J connectivity index is 1.78. The number of ether oxygens (including phenoxy) is 2. The first-order chi connectivity index (χ1) is 13.8. The summed E-state index contributed by atoms with van der Waals surface area (Å²) >= 11 is 0. The molecule has 2 amide bonds. The number of amides is 2. The van der Waals surface area contributed by atoms with Crippen molar-refractivity contribution in [2.75, 3.05) is 18.6 Å². The van der Waals surface area contributed by atoms with Crippen molar-refractivity contribution in [3.63, 3.8) is 0 Å². The Bertz CT molecular complexity index is 991. The van der Waals surface area contributed by atoms with E-state index in [2.05, 4.69) is 4.72 Å². The number of hydrogen-bond acceptors (Lipinski definition) is 6. The molecule has 29 heavy (non-hydrogen) atoms. The van der Waals surface area contributed by atoms with E-state index in [9.17, 15) is 18.0 Å². The van der Waals surface area contributed by atoms with Gasteiger partial charge in [0.25, 0.3) is 0 Å². The summed E-state index contributed by atoms with van der Waals surface area (Å²) < 4.78 is 38.9. The Labute approximate surface area is 169 Å². The third kappa shape index (κ3) is 4.75. The Morgan fingerprint density at radius 3 is 2.34 bits per heavy atom. The number of rotatable bonds is 8. The average molecular weight is 418 g/mol. The van der Waals surface area contributed by atoms with Crippen LogP contribution in [0.5, 0.6) is 11.5 Å². The summed E-state index contributed by atoms with van der Waals surface area (Å²) in [6.45, 7) is 1.81. The lowest BCUT2D eigenvalue weighted by Gasteiger charge is -2.19. The predicted molar refractivity (Wildman–Crippen MR) is 106 cm³/mol. The normalized spacial score (nSPS) is 15.4. The fourth-order valence-electron chi connectivity index (χ4n) is 2.96. The third-order valence-corrected chi connectivity index (χ3v) is 5.94. The molecule has 154 valence electrons. The summed E-state index contributed by atoms with van der Waals surface area (Å²) in [5.74, 6) is 0.102. The van der Waals surface area contributed by atoms with Gasteiger partial charge in [-0.3, -0.25) is 9.59 Å². The van der Waals surface area contributed by atoms with Gasteiger partial charge in [0, 0.05) is 12.8 Å². The number of nitrogens with one attached hydrogen (secondary N) is 1. The third-order valence-electron chi connectivity index (χ3n) is 4.35. The fraction of sp³-hybridized carbons (Fsp3) is 0.300. The van der Waals surface area contributed by atoms with Gasteiger partial charge in [0.1, 0.15) is 18.1 Å². The van der Waals surface area contributed by atoms with Crippen molar-refractivity contribution in [3.8, 4) is 11.5 Å². The van der Waals surface area contributed by atoms with Crippen LogP contribution in [0.3, 0.4) is 0 Å². The number of anilines is 1. The number of benzene rings is 2. The van der Waals surface area contributed by atoms with Gasteiger partial charge in [-0.05, 0) is 37.3 Å². The van der Waals surface area contributed by atoms with E-state index in [0.717, 1.165) is 4.90 Å². The molecule has 0 aromatic heterocycles. The highest BCUT2D eigenvalue weighted by Gasteiger charge is 2.33. The molecular formula is C20H22N2O6S. The number of carbonyl (C=O) groups excluding carboxylic acids is 2. The van der Waals surface area contributed by atoms with Gasteiger partial charge in [0.2, 0.25) is 21.8 Å². The molecule has 2 aromatic rings. The zero-order valence-corrected chi connectivity index (χ0v) is 16.9. The predicted octanol–water partition coefficient (Wildman–Crippen LogP) is 2.09. The van der Waals surface area contributed by atoms with E-state index in [1.54, 1.807) is 19.1 Å². The van der Waals surface area contributed by atoms with Crippen molar-refractivity contribution in [2.45, 2.75) is 30.7 Å². The smallest absolute Gasteiger partial charge is 0.241 e. The van der Waals surface area contributed by atoms with Crippen LogP contribution < -0.4 is 19.1 Å². The highest BCUT2D eigenvalue weighted by Crippen LogP contribution is 2.34. The van der Waals surface area contributed by atoms with E-state index >= 15 is 0 Å². The number of methoxy groups -OCH3 is 1. The zero-order chi connectivity index (χ0) is 21.0. The quantitative estimate of drug-likeness (QED) is 0.659. The van der Waals surface area contributed by atoms with Crippen molar-refractivity contribution in [1.29, 1.82) is 0 Å². The Kier molecular flexibility index (Phi) is 6.19. The molecule has 1 saturated heterocycles. The molecule has 1 atom stereocenters. The molecule has 0 radical (unpaired) electrons. The van der Waals surface area contributed by atoms with Crippen LogP contribution in [0.4, 0.5) is 5.69 Å². The lowest BCUT2D eigenvalue weighted by Crippen LogP contribution is -2.37. The van der Waals surface area contributed by atoms with Gasteiger partial charge in [-0.2, -0.15) is 0 Å². The summed E-state index contributed by atoms with van der Waals surface area (Å²) in [4.78, 5) is 25.1. The molecule has 9 heteroatoms. The van der Waals surface area contributed by atoms with Crippen LogP contribution in [0.1, 0.15) is 19.8 Å². The van der Waals surface area contributed by atoms with Crippen LogP contribution in [0.2, 0.25) is 0 Å². The van der Waals surface area contributed by atoms with Crippen molar-refractivity contribution in [3.05, 3.63) is 48.5 Å². The molecule has 1 aliphatic rings. The lowest BCUT2D eigenvalue weighted by atomic mass is 10.2. The second kappa shape index (κ2) is 8.62. The minimum atomic E-state index is -3.91. The molecule has 2 aromatic carbocycles. The molecule has 0 unspecified atom stereocenters. The van der Waals surface area contributed by atoms with E-state index < -0.39 is 16.1 Å². The topological polar surface area (TPSA) is 102 Å². The number of nitrogens with zero attached hydrogens (tertiary/aromatic N) is 1. The largest absolute Gasteiger partial charge is 0.495 e. The van der Waals surface area contributed by atoms with Gasteiger partial charge in [-0.15, -0.1) is 0 Å². The first-order valence-electron chi connectivity index (χ1n) is 9.06. The van der Waals surface area contributed by atoms with Crippen LogP contribution in [0.25, 0.3) is 0 Å². The zero-order valence-electron chi connectivity index (χ0n) is 16.1. The van der Waals surface area contributed by atoms with Gasteiger partial charge >= 0.3 is 0 Å². The Morgan fingerprint density at radius 2 is 1.72 bits per heavy atom. The minimum Gasteiger partial charge on any atom is -0.495 e. The molecule has 0 saturated carbocycles. The van der Waals surface area contributed by atoms with Crippen LogP contribution >= 0.6 is 0 Å². The van der Waals surface area contributed by atoms with E-state index in [-0.39, 0.29) is 47.6 Å². The number of sulfonamides is 1. The summed E-state index contributed by atoms with van der Waals surface area (Å²) in [6.07, 6.45) is 0.177. The monoisotopic (exact) mass is 418 g/mol. The number of para-hydroxylation sites is 1. The number of imide groups is 1. The van der Waals surface area contributed by atoms with Gasteiger partial charge < -0.3 is 9.47 Å².